The van der Waals surface area contributed by atoms with Crippen LogP contribution < -0.4 is 16.0 Å². The van der Waals surface area contributed by atoms with Crippen molar-refractivity contribution in [1.29, 1.82) is 0 Å². The number of rotatable bonds is 8. The molecule has 5 N–H and O–H groups in total. The van der Waals surface area contributed by atoms with Gasteiger partial charge in [-0.2, -0.15) is 0 Å². The van der Waals surface area contributed by atoms with Crippen molar-refractivity contribution >= 4 is 23.7 Å². The first kappa shape index (κ1) is 26.2. The number of carbonyl (C=O) groups is 3. The standard InChI is InChI=1S/C26H39N5O5/c32-23(19-6-2-1-3-7-19)30-21(24(33)34)26(36)12-16-31(17-13-26)25(35)28-15-5-9-20-11-10-18-8-4-14-27-22(18)29-20/h10-11,19,21,36H,1-9,12-17H2,(H,27,29)(H,28,35)(H,30,32)(H,33,34). The van der Waals surface area contributed by atoms with Crippen LogP contribution in [0.3, 0.4) is 0 Å². The number of pyridine rings is 1. The topological polar surface area (TPSA) is 144 Å². The van der Waals surface area contributed by atoms with Crippen LogP contribution in [0.5, 0.6) is 0 Å². The van der Waals surface area contributed by atoms with E-state index >= 15 is 0 Å². The first-order valence-electron chi connectivity index (χ1n) is 13.4. The van der Waals surface area contributed by atoms with Gasteiger partial charge in [0.15, 0.2) is 6.04 Å². The summed E-state index contributed by atoms with van der Waals surface area (Å²) in [5, 5.41) is 29.7. The highest BCUT2D eigenvalue weighted by Crippen LogP contribution is 2.28. The SMILES string of the molecule is O=C(NC(C(=O)O)C1(O)CCN(C(=O)NCCCc2ccc3c(n2)NCCC3)CC1)C1CCCCC1. The largest absolute Gasteiger partial charge is 0.480 e. The van der Waals surface area contributed by atoms with Crippen molar-refractivity contribution in [1.82, 2.24) is 20.5 Å². The van der Waals surface area contributed by atoms with Crippen LogP contribution in [-0.4, -0.2) is 75.8 Å². The van der Waals surface area contributed by atoms with E-state index in [1.807, 2.05) is 6.07 Å². The number of urea groups is 1. The predicted octanol–water partition coefficient (Wildman–Crippen LogP) is 2.06. The highest BCUT2D eigenvalue weighted by Gasteiger charge is 2.46. The van der Waals surface area contributed by atoms with Gasteiger partial charge in [0.2, 0.25) is 5.91 Å². The van der Waals surface area contributed by atoms with Crippen LogP contribution in [0.25, 0.3) is 0 Å². The molecule has 1 unspecified atom stereocenters. The normalized spacial score (nSPS) is 20.5. The maximum atomic E-state index is 12.6. The highest BCUT2D eigenvalue weighted by atomic mass is 16.4. The molecule has 0 aromatic carbocycles. The van der Waals surface area contributed by atoms with Gasteiger partial charge in [0.1, 0.15) is 5.82 Å². The van der Waals surface area contributed by atoms with Crippen molar-refractivity contribution < 1.29 is 24.6 Å². The van der Waals surface area contributed by atoms with E-state index in [4.69, 9.17) is 0 Å². The number of aromatic nitrogens is 1. The number of piperidine rings is 1. The molecule has 1 aliphatic carbocycles. The number of hydrogen-bond acceptors (Lipinski definition) is 6. The van der Waals surface area contributed by atoms with Gasteiger partial charge in [-0.25, -0.2) is 14.6 Å². The van der Waals surface area contributed by atoms with Crippen LogP contribution in [0.2, 0.25) is 0 Å². The summed E-state index contributed by atoms with van der Waals surface area (Å²) in [6.07, 6.45) is 8.40. The molecule has 1 saturated heterocycles. The minimum Gasteiger partial charge on any atom is -0.480 e. The summed E-state index contributed by atoms with van der Waals surface area (Å²) < 4.78 is 0. The van der Waals surface area contributed by atoms with E-state index in [2.05, 4.69) is 27.0 Å². The van der Waals surface area contributed by atoms with E-state index in [-0.39, 0.29) is 43.8 Å². The lowest BCUT2D eigenvalue weighted by molar-refractivity contribution is -0.153. The second kappa shape index (κ2) is 11.9. The summed E-state index contributed by atoms with van der Waals surface area (Å²) >= 11 is 0. The lowest BCUT2D eigenvalue weighted by atomic mass is 9.83. The van der Waals surface area contributed by atoms with E-state index < -0.39 is 17.6 Å². The maximum absolute atomic E-state index is 12.6. The highest BCUT2D eigenvalue weighted by molar-refractivity contribution is 5.86. The second-order valence-corrected chi connectivity index (χ2v) is 10.4. The Morgan fingerprint density at radius 2 is 1.89 bits per heavy atom. The van der Waals surface area contributed by atoms with Gasteiger partial charge in [0.05, 0.1) is 5.60 Å². The molecule has 198 valence electrons. The average Bonchev–Trinajstić information content (AvgIpc) is 2.90. The summed E-state index contributed by atoms with van der Waals surface area (Å²) in [7, 11) is 0. The smallest absolute Gasteiger partial charge is 0.329 e. The van der Waals surface area contributed by atoms with E-state index in [1.165, 1.54) is 5.56 Å². The molecule has 1 aromatic heterocycles. The van der Waals surface area contributed by atoms with Crippen LogP contribution in [0, 0.1) is 5.92 Å². The first-order chi connectivity index (χ1) is 17.4. The molecule has 10 nitrogen and oxygen atoms in total. The molecule has 1 atom stereocenters. The number of aliphatic hydroxyl groups is 1. The number of nitrogens with one attached hydrogen (secondary N) is 3. The maximum Gasteiger partial charge on any atom is 0.329 e. The van der Waals surface area contributed by atoms with E-state index in [0.717, 1.165) is 75.8 Å². The minimum atomic E-state index is -1.58. The van der Waals surface area contributed by atoms with Gasteiger partial charge in [-0.3, -0.25) is 4.79 Å². The van der Waals surface area contributed by atoms with Crippen LogP contribution >= 0.6 is 0 Å². The van der Waals surface area contributed by atoms with E-state index in [1.54, 1.807) is 4.90 Å². The Hall–Kier alpha value is -2.88. The fourth-order valence-electron chi connectivity index (χ4n) is 5.52. The molecule has 4 rings (SSSR count). The molecule has 0 spiro atoms. The Kier molecular flexibility index (Phi) is 8.66. The lowest BCUT2D eigenvalue weighted by Crippen LogP contribution is -2.62. The molecular weight excluding hydrogens is 462 g/mol. The zero-order chi connectivity index (χ0) is 25.5. The minimum absolute atomic E-state index is 0.0916. The molecule has 0 bridgehead atoms. The first-order valence-corrected chi connectivity index (χ1v) is 13.4. The fraction of sp³-hybridized carbons (Fsp3) is 0.692. The number of nitrogens with zero attached hydrogens (tertiary/aromatic N) is 2. The van der Waals surface area contributed by atoms with Gasteiger partial charge >= 0.3 is 12.0 Å². The van der Waals surface area contributed by atoms with E-state index in [0.29, 0.717) is 6.54 Å². The quantitative estimate of drug-likeness (QED) is 0.343. The predicted molar refractivity (Wildman–Crippen MR) is 135 cm³/mol. The zero-order valence-electron chi connectivity index (χ0n) is 20.9. The molecule has 3 heterocycles. The zero-order valence-corrected chi connectivity index (χ0v) is 20.9. The number of hydrogen-bond donors (Lipinski definition) is 5. The number of carboxylic acids is 1. The van der Waals surface area contributed by atoms with Crippen molar-refractivity contribution in [3.63, 3.8) is 0 Å². The van der Waals surface area contributed by atoms with Crippen LogP contribution in [0.15, 0.2) is 12.1 Å². The van der Waals surface area contributed by atoms with Gasteiger partial charge in [0, 0.05) is 37.8 Å². The van der Waals surface area contributed by atoms with Crippen LogP contribution in [0.4, 0.5) is 10.6 Å². The van der Waals surface area contributed by atoms with Gasteiger partial charge < -0.3 is 31.1 Å². The summed E-state index contributed by atoms with van der Waals surface area (Å²) in [5.74, 6) is -0.758. The molecule has 0 radical (unpaired) electrons. The number of likely N-dealkylation sites (tertiary alicyclic amines) is 1. The summed E-state index contributed by atoms with van der Waals surface area (Å²) in [5.41, 5.74) is 0.663. The molecule has 10 heteroatoms. The molecule has 2 aliphatic heterocycles. The van der Waals surface area contributed by atoms with Crippen molar-refractivity contribution in [2.45, 2.75) is 82.3 Å². The fourth-order valence-corrected chi connectivity index (χ4v) is 5.52. The third kappa shape index (κ3) is 6.46. The summed E-state index contributed by atoms with van der Waals surface area (Å²) in [6.45, 7) is 1.90. The molecule has 3 aliphatic rings. The summed E-state index contributed by atoms with van der Waals surface area (Å²) in [4.78, 5) is 43.4. The average molecular weight is 502 g/mol. The van der Waals surface area contributed by atoms with Gasteiger partial charge in [0.25, 0.3) is 0 Å². The van der Waals surface area contributed by atoms with Crippen molar-refractivity contribution in [2.24, 2.45) is 5.92 Å². The van der Waals surface area contributed by atoms with Crippen molar-refractivity contribution in [3.8, 4) is 0 Å². The molecule has 2 fully saturated rings. The Labute approximate surface area is 212 Å². The Morgan fingerprint density at radius 1 is 1.14 bits per heavy atom. The molecular formula is C26H39N5O5. The number of aryl methyl sites for hydroxylation is 2. The Bertz CT molecular complexity index is 941. The number of carbonyl (C=O) groups excluding carboxylic acids is 2. The monoisotopic (exact) mass is 501 g/mol. The third-order valence-electron chi connectivity index (χ3n) is 7.80. The van der Waals surface area contributed by atoms with Crippen LogP contribution in [-0.2, 0) is 22.4 Å². The van der Waals surface area contributed by atoms with Gasteiger partial charge in [-0.05, 0) is 63.0 Å². The van der Waals surface area contributed by atoms with E-state index in [9.17, 15) is 24.6 Å². The number of fused-ring (bicyclic) bond motifs is 1. The molecule has 1 saturated carbocycles. The van der Waals surface area contributed by atoms with Crippen molar-refractivity contribution in [2.75, 3.05) is 31.5 Å². The number of amides is 3. The number of aliphatic carboxylic acids is 1. The lowest BCUT2D eigenvalue weighted by Gasteiger charge is -2.41. The van der Waals surface area contributed by atoms with Gasteiger partial charge in [-0.1, -0.05) is 25.3 Å². The van der Waals surface area contributed by atoms with Crippen LogP contribution in [0.1, 0.15) is 69.0 Å². The van der Waals surface area contributed by atoms with Gasteiger partial charge in [-0.15, -0.1) is 0 Å². The summed E-state index contributed by atoms with van der Waals surface area (Å²) in [6, 6.07) is 2.57. The third-order valence-corrected chi connectivity index (χ3v) is 7.80. The van der Waals surface area contributed by atoms with Crippen molar-refractivity contribution in [3.05, 3.63) is 23.4 Å². The second-order valence-electron chi connectivity index (χ2n) is 10.4. The molecule has 3 amide bonds. The Morgan fingerprint density at radius 3 is 2.61 bits per heavy atom. The molecule has 1 aromatic rings. The molecule has 36 heavy (non-hydrogen) atoms. The number of carboxylic acid groups (broad SMARTS) is 1. The Balaban J connectivity index is 1.21. The number of anilines is 1.